The van der Waals surface area contributed by atoms with E-state index in [1.807, 2.05) is 0 Å². The quantitative estimate of drug-likeness (QED) is 0.731. The summed E-state index contributed by atoms with van der Waals surface area (Å²) >= 11 is 0. The van der Waals surface area contributed by atoms with E-state index in [2.05, 4.69) is 4.98 Å². The molecule has 0 aliphatic rings. The Morgan fingerprint density at radius 3 is 2.37 bits per heavy atom. The smallest absolute Gasteiger partial charge is 0.441 e. The molecule has 1 rings (SSSR count). The number of hydrogen-bond donors (Lipinski definition) is 0. The minimum atomic E-state index is -0.791. The normalized spacial score (nSPS) is 10.8. The first-order valence-electron chi connectivity index (χ1n) is 5.84. The molecule has 0 saturated heterocycles. The first kappa shape index (κ1) is 14.9. The number of carbonyl (C=O) groups is 2. The van der Waals surface area contributed by atoms with Crippen LogP contribution in [-0.2, 0) is 14.4 Å². The van der Waals surface area contributed by atoms with Gasteiger partial charge in [-0.3, -0.25) is 0 Å². The van der Waals surface area contributed by atoms with Gasteiger partial charge in [0, 0.05) is 12.6 Å². The highest BCUT2D eigenvalue weighted by Gasteiger charge is 2.27. The van der Waals surface area contributed by atoms with Gasteiger partial charge in [-0.05, 0) is 39.8 Å². The molecule has 1 amide bonds. The average molecular weight is 266 g/mol. The highest BCUT2D eigenvalue weighted by molar-refractivity contribution is 5.87. The van der Waals surface area contributed by atoms with Crippen LogP contribution in [0.4, 0.5) is 10.6 Å². The van der Waals surface area contributed by atoms with E-state index in [0.29, 0.717) is 5.69 Å². The van der Waals surface area contributed by atoms with Gasteiger partial charge in [-0.15, -0.1) is 0 Å². The Morgan fingerprint density at radius 1 is 1.26 bits per heavy atom. The number of anilines is 1. The molecule has 104 valence electrons. The summed E-state index contributed by atoms with van der Waals surface area (Å²) in [7, 11) is 0. The highest BCUT2D eigenvalue weighted by atomic mass is 16.8. The minimum absolute atomic E-state index is 0.199. The van der Waals surface area contributed by atoms with Crippen LogP contribution in [0.1, 0.15) is 33.4 Å². The van der Waals surface area contributed by atoms with Crippen molar-refractivity contribution in [3.8, 4) is 0 Å². The predicted octanol–water partition coefficient (Wildman–Crippen LogP) is 2.61. The van der Waals surface area contributed by atoms with Crippen LogP contribution in [0.2, 0.25) is 0 Å². The van der Waals surface area contributed by atoms with E-state index >= 15 is 0 Å². The van der Waals surface area contributed by atoms with Crippen molar-refractivity contribution in [2.45, 2.75) is 40.2 Å². The van der Waals surface area contributed by atoms with Gasteiger partial charge in [0.2, 0.25) is 0 Å². The Bertz CT molecular complexity index is 480. The number of nitrogens with zero attached hydrogens (tertiary/aromatic N) is 2. The van der Waals surface area contributed by atoms with Crippen LogP contribution in [0, 0.1) is 6.92 Å². The lowest BCUT2D eigenvalue weighted by Crippen LogP contribution is -2.38. The molecule has 0 aliphatic heterocycles. The van der Waals surface area contributed by atoms with Crippen LogP contribution in [0.15, 0.2) is 18.2 Å². The number of ether oxygens (including phenoxy) is 1. The lowest BCUT2D eigenvalue weighted by Gasteiger charge is -2.25. The van der Waals surface area contributed by atoms with Crippen LogP contribution >= 0.6 is 0 Å². The average Bonchev–Trinajstić information content (AvgIpc) is 2.23. The molecule has 1 heterocycles. The summed E-state index contributed by atoms with van der Waals surface area (Å²) < 4.78 is 5.16. The lowest BCUT2D eigenvalue weighted by atomic mass is 10.2. The summed E-state index contributed by atoms with van der Waals surface area (Å²) in [5.41, 5.74) is -0.00234. The first-order valence-corrected chi connectivity index (χ1v) is 5.84. The first-order chi connectivity index (χ1) is 8.69. The van der Waals surface area contributed by atoms with E-state index in [-0.39, 0.29) is 5.82 Å². The van der Waals surface area contributed by atoms with Crippen LogP contribution < -0.4 is 5.06 Å². The van der Waals surface area contributed by atoms with E-state index < -0.39 is 17.7 Å². The number of rotatable bonds is 1. The van der Waals surface area contributed by atoms with Crippen molar-refractivity contribution >= 4 is 17.9 Å². The summed E-state index contributed by atoms with van der Waals surface area (Å²) in [4.78, 5) is 32.1. The van der Waals surface area contributed by atoms with Gasteiger partial charge < -0.3 is 9.57 Å². The second kappa shape index (κ2) is 5.69. The Balaban J connectivity index is 3.01. The largest absolute Gasteiger partial charge is 0.450 e. The van der Waals surface area contributed by atoms with Crippen molar-refractivity contribution in [1.82, 2.24) is 4.98 Å². The molecule has 0 unspecified atom stereocenters. The molecular weight excluding hydrogens is 248 g/mol. The Kier molecular flexibility index (Phi) is 4.47. The van der Waals surface area contributed by atoms with Crippen molar-refractivity contribution in [3.63, 3.8) is 0 Å². The zero-order chi connectivity index (χ0) is 14.6. The number of aromatic nitrogens is 1. The zero-order valence-electron chi connectivity index (χ0n) is 11.8. The molecule has 0 aliphatic carbocycles. The summed E-state index contributed by atoms with van der Waals surface area (Å²) in [6.45, 7) is 8.14. The second-order valence-corrected chi connectivity index (χ2v) is 4.99. The third kappa shape index (κ3) is 4.95. The fraction of sp³-hybridized carbons (Fsp3) is 0.462. The SMILES string of the molecule is CC(=O)ON(C(=O)OC(C)(C)C)c1cccc(C)n1. The van der Waals surface area contributed by atoms with Crippen molar-refractivity contribution in [3.05, 3.63) is 23.9 Å². The maximum atomic E-state index is 12.0. The standard InChI is InChI=1S/C13H18N2O4/c1-9-7-6-8-11(14-9)15(19-10(2)16)12(17)18-13(3,4)5/h6-8H,1-5H3. The monoisotopic (exact) mass is 266 g/mol. The molecule has 6 nitrogen and oxygen atoms in total. The highest BCUT2D eigenvalue weighted by Crippen LogP contribution is 2.17. The molecule has 0 bridgehead atoms. The third-order valence-corrected chi connectivity index (χ3v) is 1.86. The van der Waals surface area contributed by atoms with Gasteiger partial charge in [0.15, 0.2) is 5.82 Å². The Hall–Kier alpha value is -2.11. The molecule has 0 fully saturated rings. The van der Waals surface area contributed by atoms with Gasteiger partial charge in [-0.2, -0.15) is 0 Å². The molecule has 1 aromatic rings. The van der Waals surface area contributed by atoms with Gasteiger partial charge in [-0.1, -0.05) is 11.1 Å². The lowest BCUT2D eigenvalue weighted by molar-refractivity contribution is -0.142. The Labute approximate surface area is 112 Å². The molecule has 0 atom stereocenters. The maximum Gasteiger partial charge on any atom is 0.450 e. The van der Waals surface area contributed by atoms with Gasteiger partial charge in [0.05, 0.1) is 0 Å². The Morgan fingerprint density at radius 2 is 1.89 bits per heavy atom. The van der Waals surface area contributed by atoms with Gasteiger partial charge in [-0.25, -0.2) is 14.6 Å². The van der Waals surface area contributed by atoms with Gasteiger partial charge in [0.25, 0.3) is 0 Å². The molecule has 19 heavy (non-hydrogen) atoms. The maximum absolute atomic E-state index is 12.0. The molecule has 0 saturated carbocycles. The molecule has 0 radical (unpaired) electrons. The minimum Gasteiger partial charge on any atom is -0.441 e. The van der Waals surface area contributed by atoms with Crippen molar-refractivity contribution in [2.75, 3.05) is 5.06 Å². The topological polar surface area (TPSA) is 68.7 Å². The summed E-state index contributed by atoms with van der Waals surface area (Å²) in [6, 6.07) is 5.03. The van der Waals surface area contributed by atoms with Crippen LogP contribution in [0.5, 0.6) is 0 Å². The van der Waals surface area contributed by atoms with E-state index in [0.717, 1.165) is 5.06 Å². The third-order valence-electron chi connectivity index (χ3n) is 1.86. The van der Waals surface area contributed by atoms with Crippen molar-refractivity contribution in [1.29, 1.82) is 0 Å². The van der Waals surface area contributed by atoms with Crippen molar-refractivity contribution < 1.29 is 19.2 Å². The van der Waals surface area contributed by atoms with E-state index in [9.17, 15) is 9.59 Å². The molecule has 0 N–H and O–H groups in total. The summed E-state index contributed by atoms with van der Waals surface area (Å²) in [5, 5.41) is 0.751. The predicted molar refractivity (Wildman–Crippen MR) is 69.5 cm³/mol. The summed E-state index contributed by atoms with van der Waals surface area (Å²) in [5.74, 6) is -0.432. The van der Waals surface area contributed by atoms with Crippen LogP contribution in [-0.4, -0.2) is 22.6 Å². The molecule has 1 aromatic heterocycles. The van der Waals surface area contributed by atoms with E-state index in [1.165, 1.54) is 6.92 Å². The van der Waals surface area contributed by atoms with Crippen LogP contribution in [0.25, 0.3) is 0 Å². The summed E-state index contributed by atoms with van der Waals surface area (Å²) in [6.07, 6.45) is -0.791. The van der Waals surface area contributed by atoms with Crippen LogP contribution in [0.3, 0.4) is 0 Å². The fourth-order valence-corrected chi connectivity index (χ4v) is 1.25. The van der Waals surface area contributed by atoms with Crippen molar-refractivity contribution in [2.24, 2.45) is 0 Å². The number of aryl methyl sites for hydroxylation is 1. The molecule has 6 heteroatoms. The van der Waals surface area contributed by atoms with Gasteiger partial charge >= 0.3 is 12.1 Å². The second-order valence-electron chi connectivity index (χ2n) is 4.99. The molecule has 0 spiro atoms. The number of carbonyl (C=O) groups excluding carboxylic acids is 2. The number of amides is 1. The molecule has 0 aromatic carbocycles. The number of hydrogen-bond acceptors (Lipinski definition) is 5. The fourth-order valence-electron chi connectivity index (χ4n) is 1.25. The van der Waals surface area contributed by atoms with E-state index in [4.69, 9.17) is 9.57 Å². The molecular formula is C13H18N2O4. The number of pyridine rings is 1. The number of hydroxylamine groups is 1. The van der Waals surface area contributed by atoms with E-state index in [1.54, 1.807) is 45.9 Å². The van der Waals surface area contributed by atoms with Gasteiger partial charge in [0.1, 0.15) is 5.60 Å². The zero-order valence-corrected chi connectivity index (χ0v) is 11.8.